The van der Waals surface area contributed by atoms with E-state index in [0.717, 1.165) is 23.2 Å². The second kappa shape index (κ2) is 8.08. The minimum Gasteiger partial charge on any atom is -0.490 e. The Bertz CT molecular complexity index is 963. The van der Waals surface area contributed by atoms with E-state index in [1.165, 1.54) is 0 Å². The molecule has 2 aromatic rings. The smallest absolute Gasteiger partial charge is 0.244 e. The molecule has 154 valence electrons. The summed E-state index contributed by atoms with van der Waals surface area (Å²) in [6.07, 6.45) is 0.901. The SMILES string of the molecule is CCCOc1ccc([C@@H]2C(C#N)=C(N)Oc3n[nH]c(C(C)(C)C)c32)cc1OCC. The molecule has 7 nitrogen and oxygen atoms in total. The first kappa shape index (κ1) is 20.6. The van der Waals surface area contributed by atoms with Crippen LogP contribution in [0.1, 0.15) is 63.8 Å². The van der Waals surface area contributed by atoms with Crippen LogP contribution in [0, 0.1) is 11.3 Å². The van der Waals surface area contributed by atoms with Crippen LogP contribution in [-0.4, -0.2) is 23.4 Å². The summed E-state index contributed by atoms with van der Waals surface area (Å²) in [5.74, 6) is 1.39. The number of hydrogen-bond acceptors (Lipinski definition) is 6. The number of ether oxygens (including phenoxy) is 3. The molecule has 0 radical (unpaired) electrons. The Balaban J connectivity index is 2.17. The van der Waals surface area contributed by atoms with E-state index in [4.69, 9.17) is 19.9 Å². The van der Waals surface area contributed by atoms with Gasteiger partial charge in [0.25, 0.3) is 0 Å². The van der Waals surface area contributed by atoms with Crippen LogP contribution in [0.25, 0.3) is 0 Å². The Hall–Kier alpha value is -3.14. The van der Waals surface area contributed by atoms with Gasteiger partial charge in [0, 0.05) is 11.1 Å². The first-order valence-electron chi connectivity index (χ1n) is 9.87. The van der Waals surface area contributed by atoms with Gasteiger partial charge in [-0.05, 0) is 31.0 Å². The van der Waals surface area contributed by atoms with Gasteiger partial charge in [-0.3, -0.25) is 5.10 Å². The zero-order chi connectivity index (χ0) is 21.2. The van der Waals surface area contributed by atoms with Crippen molar-refractivity contribution in [1.29, 1.82) is 5.26 Å². The van der Waals surface area contributed by atoms with Crippen LogP contribution in [0.15, 0.2) is 29.7 Å². The summed E-state index contributed by atoms with van der Waals surface area (Å²) in [7, 11) is 0. The molecule has 0 bridgehead atoms. The first-order chi connectivity index (χ1) is 13.8. The number of allylic oxidation sites excluding steroid dienone is 1. The lowest BCUT2D eigenvalue weighted by Gasteiger charge is -2.27. The van der Waals surface area contributed by atoms with Crippen LogP contribution in [0.3, 0.4) is 0 Å². The van der Waals surface area contributed by atoms with Gasteiger partial charge in [0.05, 0.1) is 24.7 Å². The van der Waals surface area contributed by atoms with Crippen LogP contribution in [0.5, 0.6) is 17.4 Å². The highest BCUT2D eigenvalue weighted by Gasteiger charge is 2.38. The summed E-state index contributed by atoms with van der Waals surface area (Å²) in [4.78, 5) is 0. The third-order valence-corrected chi connectivity index (χ3v) is 4.75. The van der Waals surface area contributed by atoms with Crippen molar-refractivity contribution in [3.8, 4) is 23.4 Å². The van der Waals surface area contributed by atoms with E-state index >= 15 is 0 Å². The largest absolute Gasteiger partial charge is 0.490 e. The number of nitrogens with two attached hydrogens (primary N) is 1. The van der Waals surface area contributed by atoms with Gasteiger partial charge in [0.15, 0.2) is 11.5 Å². The molecule has 1 aliphatic heterocycles. The molecule has 0 saturated carbocycles. The van der Waals surface area contributed by atoms with E-state index in [0.29, 0.717) is 36.2 Å². The summed E-state index contributed by atoms with van der Waals surface area (Å²) in [6.45, 7) is 11.3. The zero-order valence-corrected chi connectivity index (χ0v) is 17.6. The average molecular weight is 396 g/mol. The van der Waals surface area contributed by atoms with Crippen molar-refractivity contribution in [2.75, 3.05) is 13.2 Å². The number of rotatable bonds is 6. The summed E-state index contributed by atoms with van der Waals surface area (Å²) in [5.41, 5.74) is 8.80. The van der Waals surface area contributed by atoms with Gasteiger partial charge in [-0.25, -0.2) is 0 Å². The van der Waals surface area contributed by atoms with Crippen molar-refractivity contribution < 1.29 is 14.2 Å². The molecule has 3 N–H and O–H groups in total. The molecular weight excluding hydrogens is 368 g/mol. The van der Waals surface area contributed by atoms with Crippen molar-refractivity contribution in [3.63, 3.8) is 0 Å². The lowest BCUT2D eigenvalue weighted by atomic mass is 9.79. The number of aromatic amines is 1. The van der Waals surface area contributed by atoms with Crippen LogP contribution in [-0.2, 0) is 5.41 Å². The number of fused-ring (bicyclic) bond motifs is 1. The Labute approximate surface area is 171 Å². The van der Waals surface area contributed by atoms with Crippen LogP contribution < -0.4 is 19.9 Å². The van der Waals surface area contributed by atoms with Crippen LogP contribution in [0.4, 0.5) is 0 Å². The molecule has 2 heterocycles. The molecule has 1 aromatic heterocycles. The maximum atomic E-state index is 9.84. The first-order valence-corrected chi connectivity index (χ1v) is 9.87. The van der Waals surface area contributed by atoms with Gasteiger partial charge in [0.1, 0.15) is 11.6 Å². The number of nitrogens with one attached hydrogen (secondary N) is 1. The molecule has 0 amide bonds. The number of aromatic nitrogens is 2. The lowest BCUT2D eigenvalue weighted by Crippen LogP contribution is -2.24. The molecule has 1 aromatic carbocycles. The van der Waals surface area contributed by atoms with Gasteiger partial charge in [0.2, 0.25) is 11.8 Å². The molecule has 0 unspecified atom stereocenters. The molecule has 0 fully saturated rings. The molecule has 0 spiro atoms. The van der Waals surface area contributed by atoms with E-state index in [2.05, 4.69) is 44.0 Å². The van der Waals surface area contributed by atoms with Crippen LogP contribution >= 0.6 is 0 Å². The normalized spacial score (nSPS) is 16.1. The number of H-pyrrole nitrogens is 1. The fourth-order valence-corrected chi connectivity index (χ4v) is 3.45. The highest BCUT2D eigenvalue weighted by molar-refractivity contribution is 5.58. The monoisotopic (exact) mass is 396 g/mol. The minimum absolute atomic E-state index is 0.0706. The molecule has 29 heavy (non-hydrogen) atoms. The second-order valence-corrected chi connectivity index (χ2v) is 7.98. The number of nitrogens with zero attached hydrogens (tertiary/aromatic N) is 2. The Morgan fingerprint density at radius 2 is 2.00 bits per heavy atom. The minimum atomic E-state index is -0.406. The molecule has 0 aliphatic carbocycles. The third kappa shape index (κ3) is 3.88. The fourth-order valence-electron chi connectivity index (χ4n) is 3.45. The molecule has 3 rings (SSSR count). The van der Waals surface area contributed by atoms with Crippen molar-refractivity contribution in [2.45, 2.75) is 52.4 Å². The zero-order valence-electron chi connectivity index (χ0n) is 17.6. The number of nitriles is 1. The summed E-state index contributed by atoms with van der Waals surface area (Å²) in [6, 6.07) is 7.97. The third-order valence-electron chi connectivity index (χ3n) is 4.75. The molecule has 1 atom stereocenters. The molecule has 1 aliphatic rings. The predicted molar refractivity (Wildman–Crippen MR) is 110 cm³/mol. The lowest BCUT2D eigenvalue weighted by molar-refractivity contribution is 0.276. The van der Waals surface area contributed by atoms with E-state index in [1.54, 1.807) is 0 Å². The fraction of sp³-hybridized carbons (Fsp3) is 0.455. The van der Waals surface area contributed by atoms with Gasteiger partial charge in [-0.15, -0.1) is 5.10 Å². The van der Waals surface area contributed by atoms with Crippen LogP contribution in [0.2, 0.25) is 0 Å². The van der Waals surface area contributed by atoms with Crippen molar-refractivity contribution in [3.05, 3.63) is 46.5 Å². The van der Waals surface area contributed by atoms with Crippen molar-refractivity contribution in [2.24, 2.45) is 5.73 Å². The standard InChI is InChI=1S/C22H28N4O3/c1-6-10-28-15-9-8-13(11-16(15)27-7-2)17-14(12-23)20(24)29-21-18(17)19(25-26-21)22(3,4)5/h8-9,11,17H,6-7,10,24H2,1-5H3,(H,25,26)/t17-/m1/s1. The van der Waals surface area contributed by atoms with Gasteiger partial charge < -0.3 is 19.9 Å². The Kier molecular flexibility index (Phi) is 5.73. The Morgan fingerprint density at radius 3 is 2.62 bits per heavy atom. The predicted octanol–water partition coefficient (Wildman–Crippen LogP) is 4.11. The Morgan fingerprint density at radius 1 is 1.24 bits per heavy atom. The maximum absolute atomic E-state index is 9.84. The molecule has 0 saturated heterocycles. The van der Waals surface area contributed by atoms with Crippen molar-refractivity contribution >= 4 is 0 Å². The number of benzene rings is 1. The van der Waals surface area contributed by atoms with E-state index in [-0.39, 0.29) is 11.3 Å². The quantitative estimate of drug-likeness (QED) is 0.761. The highest BCUT2D eigenvalue weighted by atomic mass is 16.5. The van der Waals surface area contributed by atoms with Gasteiger partial charge >= 0.3 is 0 Å². The molecular formula is C22H28N4O3. The summed E-state index contributed by atoms with van der Waals surface area (Å²) in [5, 5.41) is 17.2. The average Bonchev–Trinajstić information content (AvgIpc) is 3.09. The van der Waals surface area contributed by atoms with Gasteiger partial charge in [-0.2, -0.15) is 5.26 Å². The highest BCUT2D eigenvalue weighted by Crippen LogP contribution is 2.46. The van der Waals surface area contributed by atoms with E-state index in [9.17, 15) is 5.26 Å². The van der Waals surface area contributed by atoms with E-state index < -0.39 is 5.92 Å². The summed E-state index contributed by atoms with van der Waals surface area (Å²) < 4.78 is 17.3. The molecule has 7 heteroatoms. The number of hydrogen-bond donors (Lipinski definition) is 2. The van der Waals surface area contributed by atoms with E-state index in [1.807, 2.05) is 25.1 Å². The van der Waals surface area contributed by atoms with Gasteiger partial charge in [-0.1, -0.05) is 33.8 Å². The second-order valence-electron chi connectivity index (χ2n) is 7.98. The maximum Gasteiger partial charge on any atom is 0.244 e. The topological polar surface area (TPSA) is 106 Å². The summed E-state index contributed by atoms with van der Waals surface area (Å²) >= 11 is 0. The van der Waals surface area contributed by atoms with Crippen molar-refractivity contribution in [1.82, 2.24) is 10.2 Å².